The summed E-state index contributed by atoms with van der Waals surface area (Å²) in [6, 6.07) is 26.1. The Morgan fingerprint density at radius 2 is 1.52 bits per heavy atom. The van der Waals surface area contributed by atoms with E-state index in [4.69, 9.17) is 9.41 Å². The first-order valence-corrected chi connectivity index (χ1v) is 13.8. The Morgan fingerprint density at radius 1 is 0.909 bits per heavy atom. The second-order valence-corrected chi connectivity index (χ2v) is 14.2. The minimum atomic E-state index is -2.51. The number of anilines is 1. The average Bonchev–Trinajstić information content (AvgIpc) is 3.31. The molecule has 170 valence electrons. The molecule has 2 aromatic carbocycles. The van der Waals surface area contributed by atoms with Gasteiger partial charge in [0.2, 0.25) is 5.82 Å². The van der Waals surface area contributed by atoms with E-state index in [0.29, 0.717) is 0 Å². The summed E-state index contributed by atoms with van der Waals surface area (Å²) >= 11 is 0. The van der Waals surface area contributed by atoms with Crippen molar-refractivity contribution in [3.63, 3.8) is 0 Å². The van der Waals surface area contributed by atoms with Crippen LogP contribution in [0, 0.1) is 0 Å². The molecule has 0 unspecified atom stereocenters. The van der Waals surface area contributed by atoms with E-state index in [9.17, 15) is 0 Å². The number of piperidine rings is 1. The first-order valence-electron chi connectivity index (χ1n) is 11.9. The number of pyridine rings is 1. The number of imidazole rings is 1. The van der Waals surface area contributed by atoms with Crippen molar-refractivity contribution in [2.24, 2.45) is 0 Å². The largest absolute Gasteiger partial charge is 0.404 e. The third-order valence-electron chi connectivity index (χ3n) is 6.84. The number of nitrogens with zero attached hydrogens (tertiary/aromatic N) is 2. The number of H-pyrrole nitrogens is 2. The Kier molecular flexibility index (Phi) is 5.80. The van der Waals surface area contributed by atoms with Crippen LogP contribution in [0.5, 0.6) is 0 Å². The van der Waals surface area contributed by atoms with Crippen molar-refractivity contribution in [1.29, 1.82) is 0 Å². The SMILES string of the molecule is CC(C)(C)[Si](OC1CCN(c2ccc3[nH]c[nH+]c3n2)CC1)(c1ccccc1)c1ccccc1. The zero-order valence-corrected chi connectivity index (χ0v) is 20.7. The molecule has 1 fully saturated rings. The highest BCUT2D eigenvalue weighted by Crippen LogP contribution is 2.38. The van der Waals surface area contributed by atoms with Crippen molar-refractivity contribution in [1.82, 2.24) is 9.97 Å². The lowest BCUT2D eigenvalue weighted by atomic mass is 10.1. The fraction of sp³-hybridized carbons (Fsp3) is 0.333. The summed E-state index contributed by atoms with van der Waals surface area (Å²) in [6.07, 6.45) is 4.06. The van der Waals surface area contributed by atoms with Crippen LogP contribution in [0.25, 0.3) is 11.2 Å². The fourth-order valence-corrected chi connectivity index (χ4v) is 9.93. The van der Waals surface area contributed by atoms with E-state index in [2.05, 4.69) is 108 Å². The standard InChI is InChI=1S/C27H32N4OSi/c1-27(2,3)33(22-10-6-4-7-11-22,23-12-8-5-9-13-23)32-21-16-18-31(19-17-21)25-15-14-24-26(30-25)29-20-28-24/h4-15,20-21H,16-19H2,1-3H3,(H,28,29,30)/p+1. The second-order valence-electron chi connectivity index (χ2n) is 9.97. The molecule has 0 aliphatic carbocycles. The molecule has 0 atom stereocenters. The number of hydrogen-bond donors (Lipinski definition) is 1. The minimum absolute atomic E-state index is 0.00352. The molecule has 2 N–H and O–H groups in total. The summed E-state index contributed by atoms with van der Waals surface area (Å²) in [5.74, 6) is 1.03. The lowest BCUT2D eigenvalue weighted by Gasteiger charge is -2.46. The zero-order chi connectivity index (χ0) is 22.9. The molecule has 0 saturated carbocycles. The van der Waals surface area contributed by atoms with Gasteiger partial charge < -0.3 is 9.33 Å². The minimum Gasteiger partial charge on any atom is -0.404 e. The first-order chi connectivity index (χ1) is 16.0. The smallest absolute Gasteiger partial charge is 0.301 e. The molecule has 1 saturated heterocycles. The molecule has 4 aromatic rings. The Labute approximate surface area is 197 Å². The normalized spacial score (nSPS) is 15.8. The van der Waals surface area contributed by atoms with Gasteiger partial charge in [0.05, 0.1) is 0 Å². The molecule has 3 heterocycles. The van der Waals surface area contributed by atoms with E-state index < -0.39 is 8.32 Å². The van der Waals surface area contributed by atoms with Crippen LogP contribution in [0.1, 0.15) is 33.6 Å². The fourth-order valence-electron chi connectivity index (χ4n) is 5.18. The number of nitrogens with one attached hydrogen (secondary N) is 2. The van der Waals surface area contributed by atoms with Crippen LogP contribution in [0.15, 0.2) is 79.1 Å². The van der Waals surface area contributed by atoms with Gasteiger partial charge in [-0.1, -0.05) is 86.4 Å². The predicted molar refractivity (Wildman–Crippen MR) is 137 cm³/mol. The molecule has 1 aliphatic rings. The van der Waals surface area contributed by atoms with Crippen LogP contribution in [-0.4, -0.2) is 37.5 Å². The maximum Gasteiger partial charge on any atom is 0.301 e. The summed E-state index contributed by atoms with van der Waals surface area (Å²) in [7, 11) is -2.51. The van der Waals surface area contributed by atoms with Crippen LogP contribution in [0.3, 0.4) is 0 Å². The molecular formula is C27H33N4OSi+. The van der Waals surface area contributed by atoms with E-state index >= 15 is 0 Å². The monoisotopic (exact) mass is 457 g/mol. The van der Waals surface area contributed by atoms with E-state index in [-0.39, 0.29) is 11.1 Å². The van der Waals surface area contributed by atoms with E-state index in [1.807, 2.05) is 6.33 Å². The third-order valence-corrected chi connectivity index (χ3v) is 11.9. The van der Waals surface area contributed by atoms with Crippen molar-refractivity contribution < 1.29 is 9.41 Å². The maximum atomic E-state index is 7.34. The van der Waals surface area contributed by atoms with Crippen LogP contribution >= 0.6 is 0 Å². The van der Waals surface area contributed by atoms with Crippen molar-refractivity contribution in [3.8, 4) is 0 Å². The summed E-state index contributed by atoms with van der Waals surface area (Å²) in [5.41, 5.74) is 1.93. The number of rotatable bonds is 5. The Hall–Kier alpha value is -2.96. The van der Waals surface area contributed by atoms with Crippen molar-refractivity contribution in [2.75, 3.05) is 18.0 Å². The Bertz CT molecular complexity index is 1160. The molecule has 1 aliphatic heterocycles. The number of hydrogen-bond acceptors (Lipinski definition) is 3. The molecule has 2 aromatic heterocycles. The maximum absolute atomic E-state index is 7.34. The molecule has 5 rings (SSSR count). The van der Waals surface area contributed by atoms with Crippen LogP contribution < -0.4 is 20.3 Å². The highest BCUT2D eigenvalue weighted by atomic mass is 28.4. The molecule has 0 spiro atoms. The van der Waals surface area contributed by atoms with Crippen LogP contribution in [0.4, 0.5) is 5.82 Å². The predicted octanol–water partition coefficient (Wildman–Crippen LogP) is 3.92. The van der Waals surface area contributed by atoms with Gasteiger partial charge in [-0.3, -0.25) is 4.98 Å². The first kappa shape index (κ1) is 21.9. The summed E-state index contributed by atoms with van der Waals surface area (Å²) in [6.45, 7) is 8.94. The van der Waals surface area contributed by atoms with Gasteiger partial charge in [-0.15, -0.1) is 0 Å². The highest BCUT2D eigenvalue weighted by Gasteiger charge is 2.51. The lowest BCUT2D eigenvalue weighted by Crippen LogP contribution is -2.68. The molecule has 5 nitrogen and oxygen atoms in total. The van der Waals surface area contributed by atoms with Crippen molar-refractivity contribution in [3.05, 3.63) is 79.1 Å². The lowest BCUT2D eigenvalue weighted by molar-refractivity contribution is -0.347. The third kappa shape index (κ3) is 4.09. The number of benzene rings is 2. The van der Waals surface area contributed by atoms with E-state index in [0.717, 1.165) is 42.9 Å². The van der Waals surface area contributed by atoms with Crippen LogP contribution in [-0.2, 0) is 4.43 Å². The number of fused-ring (bicyclic) bond motifs is 1. The van der Waals surface area contributed by atoms with Crippen molar-refractivity contribution >= 4 is 35.7 Å². The summed E-state index contributed by atoms with van der Waals surface area (Å²) in [5, 5.41) is 2.70. The van der Waals surface area contributed by atoms with Gasteiger partial charge in [0, 0.05) is 25.3 Å². The average molecular weight is 458 g/mol. The molecule has 6 heteroatoms. The topological polar surface area (TPSA) is 55.3 Å². The Balaban J connectivity index is 1.42. The second kappa shape index (κ2) is 8.76. The number of aromatic nitrogens is 3. The van der Waals surface area contributed by atoms with Gasteiger partial charge in [0.1, 0.15) is 0 Å². The summed E-state index contributed by atoms with van der Waals surface area (Å²) in [4.78, 5) is 13.5. The van der Waals surface area contributed by atoms with E-state index in [1.54, 1.807) is 0 Å². The van der Waals surface area contributed by atoms with Gasteiger partial charge in [0.25, 0.3) is 8.32 Å². The molecule has 33 heavy (non-hydrogen) atoms. The molecule has 0 amide bonds. The van der Waals surface area contributed by atoms with Gasteiger partial charge in [-0.05, 0) is 34.3 Å². The van der Waals surface area contributed by atoms with Crippen molar-refractivity contribution in [2.45, 2.75) is 44.8 Å². The molecular weight excluding hydrogens is 424 g/mol. The molecule has 0 bridgehead atoms. The van der Waals surface area contributed by atoms with Gasteiger partial charge in [-0.25, -0.2) is 4.98 Å². The van der Waals surface area contributed by atoms with Gasteiger partial charge >= 0.3 is 5.65 Å². The number of aromatic amines is 2. The van der Waals surface area contributed by atoms with Gasteiger partial charge in [0.15, 0.2) is 11.8 Å². The van der Waals surface area contributed by atoms with E-state index in [1.165, 1.54) is 10.4 Å². The quantitative estimate of drug-likeness (QED) is 0.462. The molecule has 0 radical (unpaired) electrons. The highest BCUT2D eigenvalue weighted by molar-refractivity contribution is 6.99. The summed E-state index contributed by atoms with van der Waals surface area (Å²) < 4.78 is 7.34. The van der Waals surface area contributed by atoms with Crippen LogP contribution in [0.2, 0.25) is 5.04 Å². The Morgan fingerprint density at radius 3 is 2.09 bits per heavy atom. The zero-order valence-electron chi connectivity index (χ0n) is 19.7. The van der Waals surface area contributed by atoms with Gasteiger partial charge in [-0.2, -0.15) is 0 Å².